The molecule has 2 atom stereocenters. The molecular formula is C22H26N2O5S. The number of benzene rings is 2. The molecule has 30 heavy (non-hydrogen) atoms. The summed E-state index contributed by atoms with van der Waals surface area (Å²) in [7, 11) is -2.28. The summed E-state index contributed by atoms with van der Waals surface area (Å²) in [5.41, 5.74) is 0.796. The lowest BCUT2D eigenvalue weighted by Crippen LogP contribution is -2.54. The monoisotopic (exact) mass is 430 g/mol. The van der Waals surface area contributed by atoms with E-state index >= 15 is 0 Å². The van der Waals surface area contributed by atoms with Crippen LogP contribution < -0.4 is 9.46 Å². The Morgan fingerprint density at radius 1 is 1.13 bits per heavy atom. The van der Waals surface area contributed by atoms with E-state index in [-0.39, 0.29) is 22.9 Å². The number of nitrogens with zero attached hydrogens (tertiary/aromatic N) is 1. The van der Waals surface area contributed by atoms with Crippen LogP contribution in [0, 0.1) is 0 Å². The number of sulfonamides is 1. The van der Waals surface area contributed by atoms with E-state index in [0.717, 1.165) is 25.7 Å². The van der Waals surface area contributed by atoms with Crippen molar-refractivity contribution < 1.29 is 22.7 Å². The average Bonchev–Trinajstić information content (AvgIpc) is 2.78. The summed E-state index contributed by atoms with van der Waals surface area (Å²) in [6.45, 7) is 1.05. The van der Waals surface area contributed by atoms with Crippen LogP contribution in [-0.2, 0) is 14.8 Å². The summed E-state index contributed by atoms with van der Waals surface area (Å²) < 4.78 is 39.2. The number of hydrogen-bond acceptors (Lipinski definition) is 5. The molecule has 2 fully saturated rings. The summed E-state index contributed by atoms with van der Waals surface area (Å²) in [4.78, 5) is 15.1. The standard InChI is InChI=1S/C22H26N2O5S/c1-28-18-11-9-17(10-12-18)23-30(26,27)19-6-4-5-16(15-19)22(25)24-13-14-29-21-8-3-2-7-20(21)24/h4-6,9-12,15,20-21,23H,2-3,7-8,13-14H2,1H3. The maximum absolute atomic E-state index is 13.2. The highest BCUT2D eigenvalue weighted by Gasteiger charge is 2.37. The zero-order valence-corrected chi connectivity index (χ0v) is 17.7. The predicted molar refractivity (Wildman–Crippen MR) is 113 cm³/mol. The van der Waals surface area contributed by atoms with Gasteiger partial charge in [0.1, 0.15) is 5.75 Å². The molecule has 1 aliphatic heterocycles. The van der Waals surface area contributed by atoms with Crippen molar-refractivity contribution in [1.82, 2.24) is 4.90 Å². The first-order valence-corrected chi connectivity index (χ1v) is 11.7. The smallest absolute Gasteiger partial charge is 0.261 e. The topological polar surface area (TPSA) is 84.9 Å². The largest absolute Gasteiger partial charge is 0.497 e. The van der Waals surface area contributed by atoms with Crippen molar-refractivity contribution >= 4 is 21.6 Å². The van der Waals surface area contributed by atoms with Gasteiger partial charge in [0.15, 0.2) is 0 Å². The van der Waals surface area contributed by atoms with Crippen LogP contribution in [0.25, 0.3) is 0 Å². The fraction of sp³-hybridized carbons (Fsp3) is 0.409. The highest BCUT2D eigenvalue weighted by Crippen LogP contribution is 2.30. The van der Waals surface area contributed by atoms with E-state index in [0.29, 0.717) is 30.2 Å². The molecule has 4 rings (SSSR count). The van der Waals surface area contributed by atoms with Crippen molar-refractivity contribution in [3.63, 3.8) is 0 Å². The van der Waals surface area contributed by atoms with Crippen LogP contribution >= 0.6 is 0 Å². The molecule has 1 heterocycles. The minimum Gasteiger partial charge on any atom is -0.497 e. The second-order valence-corrected chi connectivity index (χ2v) is 9.30. The summed E-state index contributed by atoms with van der Waals surface area (Å²) in [5.74, 6) is 0.494. The number of methoxy groups -OCH3 is 1. The number of rotatable bonds is 5. The SMILES string of the molecule is COc1ccc(NS(=O)(=O)c2cccc(C(=O)N3CCOC4CCCCC43)c2)cc1. The van der Waals surface area contributed by atoms with Gasteiger partial charge >= 0.3 is 0 Å². The third-order valence-electron chi connectivity index (χ3n) is 5.73. The molecular weight excluding hydrogens is 404 g/mol. The summed E-state index contributed by atoms with van der Waals surface area (Å²) >= 11 is 0. The lowest BCUT2D eigenvalue weighted by molar-refractivity contribution is -0.0752. The summed E-state index contributed by atoms with van der Waals surface area (Å²) in [6, 6.07) is 12.9. The Kier molecular flexibility index (Phi) is 5.97. The summed E-state index contributed by atoms with van der Waals surface area (Å²) in [5, 5.41) is 0. The lowest BCUT2D eigenvalue weighted by atomic mass is 9.89. The van der Waals surface area contributed by atoms with Crippen LogP contribution in [0.15, 0.2) is 53.4 Å². The van der Waals surface area contributed by atoms with Crippen LogP contribution in [-0.4, -0.2) is 51.6 Å². The Labute approximate surface area is 177 Å². The second kappa shape index (κ2) is 8.65. The number of carbonyl (C=O) groups excluding carboxylic acids is 1. The van der Waals surface area contributed by atoms with E-state index < -0.39 is 10.0 Å². The molecule has 2 aliphatic rings. The van der Waals surface area contributed by atoms with Gasteiger partial charge in [-0.1, -0.05) is 18.9 Å². The van der Waals surface area contributed by atoms with E-state index in [9.17, 15) is 13.2 Å². The average molecular weight is 431 g/mol. The third-order valence-corrected chi connectivity index (χ3v) is 7.11. The Balaban J connectivity index is 1.54. The fourth-order valence-corrected chi connectivity index (χ4v) is 5.29. The molecule has 160 valence electrons. The Morgan fingerprint density at radius 3 is 2.67 bits per heavy atom. The van der Waals surface area contributed by atoms with Gasteiger partial charge in [-0.2, -0.15) is 0 Å². The number of nitrogens with one attached hydrogen (secondary N) is 1. The van der Waals surface area contributed by atoms with Crippen molar-refractivity contribution in [1.29, 1.82) is 0 Å². The van der Waals surface area contributed by atoms with E-state index in [1.165, 1.54) is 12.1 Å². The van der Waals surface area contributed by atoms with Gasteiger partial charge < -0.3 is 14.4 Å². The Morgan fingerprint density at radius 2 is 1.90 bits per heavy atom. The molecule has 0 bridgehead atoms. The molecule has 2 aromatic carbocycles. The zero-order chi connectivity index (χ0) is 21.1. The van der Waals surface area contributed by atoms with Crippen molar-refractivity contribution in [2.75, 3.05) is 25.0 Å². The highest BCUT2D eigenvalue weighted by molar-refractivity contribution is 7.92. The molecule has 2 unspecified atom stereocenters. The number of amides is 1. The number of anilines is 1. The van der Waals surface area contributed by atoms with Gasteiger partial charge in [0.25, 0.3) is 15.9 Å². The molecule has 0 spiro atoms. The number of hydrogen-bond donors (Lipinski definition) is 1. The van der Waals surface area contributed by atoms with Crippen molar-refractivity contribution in [2.24, 2.45) is 0 Å². The molecule has 0 radical (unpaired) electrons. The predicted octanol–water partition coefficient (Wildman–Crippen LogP) is 3.28. The van der Waals surface area contributed by atoms with E-state index in [1.807, 2.05) is 4.90 Å². The number of ether oxygens (including phenoxy) is 2. The molecule has 1 amide bonds. The molecule has 1 saturated carbocycles. The second-order valence-electron chi connectivity index (χ2n) is 7.62. The molecule has 7 nitrogen and oxygen atoms in total. The minimum atomic E-state index is -3.83. The quantitative estimate of drug-likeness (QED) is 0.787. The maximum atomic E-state index is 13.2. The Bertz CT molecular complexity index is 1000. The van der Waals surface area contributed by atoms with Crippen LogP contribution in [0.3, 0.4) is 0 Å². The highest BCUT2D eigenvalue weighted by atomic mass is 32.2. The van der Waals surface area contributed by atoms with Crippen LogP contribution in [0.4, 0.5) is 5.69 Å². The van der Waals surface area contributed by atoms with Crippen molar-refractivity contribution in [3.8, 4) is 5.75 Å². The zero-order valence-electron chi connectivity index (χ0n) is 16.9. The normalized spacial score (nSPS) is 21.6. The van der Waals surface area contributed by atoms with Crippen LogP contribution in [0.5, 0.6) is 5.75 Å². The van der Waals surface area contributed by atoms with Gasteiger partial charge in [-0.15, -0.1) is 0 Å². The van der Waals surface area contributed by atoms with Crippen molar-refractivity contribution in [2.45, 2.75) is 42.7 Å². The number of morpholine rings is 1. The molecule has 1 aliphatic carbocycles. The molecule has 2 aromatic rings. The van der Waals surface area contributed by atoms with Gasteiger partial charge in [0, 0.05) is 17.8 Å². The number of carbonyl (C=O) groups is 1. The van der Waals surface area contributed by atoms with Crippen molar-refractivity contribution in [3.05, 3.63) is 54.1 Å². The fourth-order valence-electron chi connectivity index (χ4n) is 4.18. The first-order chi connectivity index (χ1) is 14.5. The van der Waals surface area contributed by atoms with E-state index in [2.05, 4.69) is 4.72 Å². The molecule has 1 saturated heterocycles. The molecule has 0 aromatic heterocycles. The van der Waals surface area contributed by atoms with Gasteiger partial charge in [0.2, 0.25) is 0 Å². The van der Waals surface area contributed by atoms with E-state index in [4.69, 9.17) is 9.47 Å². The maximum Gasteiger partial charge on any atom is 0.261 e. The minimum absolute atomic E-state index is 0.0534. The first-order valence-electron chi connectivity index (χ1n) is 10.2. The lowest BCUT2D eigenvalue weighted by Gasteiger charge is -2.43. The number of fused-ring (bicyclic) bond motifs is 1. The van der Waals surface area contributed by atoms with E-state index in [1.54, 1.807) is 43.5 Å². The van der Waals surface area contributed by atoms with Crippen LogP contribution in [0.1, 0.15) is 36.0 Å². The summed E-state index contributed by atoms with van der Waals surface area (Å²) in [6.07, 6.45) is 4.17. The molecule has 1 N–H and O–H groups in total. The Hall–Kier alpha value is -2.58. The first kappa shape index (κ1) is 20.7. The van der Waals surface area contributed by atoms with Crippen LogP contribution in [0.2, 0.25) is 0 Å². The van der Waals surface area contributed by atoms with Gasteiger partial charge in [-0.3, -0.25) is 9.52 Å². The van der Waals surface area contributed by atoms with Gasteiger partial charge in [-0.05, 0) is 55.3 Å². The molecule has 8 heteroatoms. The third kappa shape index (κ3) is 4.29. The van der Waals surface area contributed by atoms with Gasteiger partial charge in [0.05, 0.1) is 30.8 Å². The van der Waals surface area contributed by atoms with Gasteiger partial charge in [-0.25, -0.2) is 8.42 Å².